The molecule has 12 nitrogen and oxygen atoms in total. The van der Waals surface area contributed by atoms with Crippen LogP contribution in [0.2, 0.25) is 0 Å². The Morgan fingerprint density at radius 2 is 1.47 bits per heavy atom. The van der Waals surface area contributed by atoms with Crippen molar-refractivity contribution in [3.05, 3.63) is 107 Å². The number of rotatable bonds is 20. The van der Waals surface area contributed by atoms with Crippen LogP contribution >= 0.6 is 18.2 Å². The van der Waals surface area contributed by atoms with Crippen molar-refractivity contribution in [3.63, 3.8) is 0 Å². The number of esters is 1. The normalized spacial score (nSPS) is 23.4. The van der Waals surface area contributed by atoms with Gasteiger partial charge in [-0.2, -0.15) is 0 Å². The van der Waals surface area contributed by atoms with E-state index in [-0.39, 0.29) is 56.7 Å². The number of ether oxygens (including phenoxy) is 6. The van der Waals surface area contributed by atoms with Crippen molar-refractivity contribution in [1.82, 2.24) is 0 Å². The van der Waals surface area contributed by atoms with E-state index >= 15 is 0 Å². The minimum Gasteiger partial charge on any atom is -0.497 e. The third kappa shape index (κ3) is 11.2. The van der Waals surface area contributed by atoms with Crippen LogP contribution in [0.4, 0.5) is 0 Å². The predicted molar refractivity (Wildman–Crippen MR) is 208 cm³/mol. The fourth-order valence-electron chi connectivity index (χ4n) is 6.61. The van der Waals surface area contributed by atoms with Crippen molar-refractivity contribution in [3.8, 4) is 11.5 Å². The van der Waals surface area contributed by atoms with Crippen molar-refractivity contribution in [2.24, 2.45) is 0 Å². The molecule has 0 aliphatic carbocycles. The lowest BCUT2D eigenvalue weighted by atomic mass is 9.80. The SMILES string of the molecule is [B][C@H]1C[C@@H](OP(=O)(OC[C@H]2O[C@@H](C)C[C@H]2OC(=O)CCC(C)=O)SCC[N+]#[C-])[C@@H](COC(c2ccccc2)(c2ccc(OC)cc2)c2ccc(OC)cc2)O1. The highest BCUT2D eigenvalue weighted by molar-refractivity contribution is 8.55. The van der Waals surface area contributed by atoms with E-state index in [9.17, 15) is 14.2 Å². The molecular weight excluding hydrogens is 744 g/mol. The molecule has 0 N–H and O–H groups in total. The second-order valence-electron chi connectivity index (χ2n) is 13.3. The number of ketones is 1. The van der Waals surface area contributed by atoms with Gasteiger partial charge < -0.3 is 38.1 Å². The quantitative estimate of drug-likeness (QED) is 0.0294. The standard InChI is InChI=1S/C40H47BNO11PS/c1-27(43)11-20-39(44)52-34-23-28(2)50-37(34)26-49-54(45,55-22-21-42-3)53-35-24-38(41)51-36(35)25-48-40(29-9-7-6-8-10-29,30-12-16-32(46-4)17-13-30)31-14-18-33(47-5)19-15-31/h6-10,12-19,28,34-38H,11,20-26H2,1-2,4-5H3/t28-,34+,35+,36+,37+,38+,54?/m0/s1. The van der Waals surface area contributed by atoms with Crippen molar-refractivity contribution in [2.75, 3.05) is 39.7 Å². The Morgan fingerprint density at radius 1 is 0.873 bits per heavy atom. The molecule has 3 aromatic carbocycles. The average Bonchev–Trinajstić information content (AvgIpc) is 3.73. The lowest BCUT2D eigenvalue weighted by molar-refractivity contribution is -0.153. The van der Waals surface area contributed by atoms with Gasteiger partial charge in [-0.25, -0.2) is 11.1 Å². The van der Waals surface area contributed by atoms with E-state index in [0.717, 1.165) is 28.1 Å². The zero-order valence-corrected chi connectivity index (χ0v) is 33.2. The summed E-state index contributed by atoms with van der Waals surface area (Å²) < 4.78 is 62.6. The first kappa shape index (κ1) is 42.5. The number of carbonyl (C=O) groups is 2. The van der Waals surface area contributed by atoms with E-state index in [4.69, 9.17) is 51.9 Å². The first-order valence-corrected chi connectivity index (χ1v) is 21.3. The van der Waals surface area contributed by atoms with Crippen LogP contribution in [-0.2, 0) is 47.8 Å². The van der Waals surface area contributed by atoms with Crippen LogP contribution in [0, 0.1) is 6.57 Å². The van der Waals surface area contributed by atoms with Gasteiger partial charge in [0.2, 0.25) is 6.54 Å². The summed E-state index contributed by atoms with van der Waals surface area (Å²) in [6.45, 7) is 6.38. The van der Waals surface area contributed by atoms with Gasteiger partial charge in [-0.15, -0.1) is 0 Å². The molecule has 3 aromatic rings. The van der Waals surface area contributed by atoms with Gasteiger partial charge in [0.15, 0.2) is 0 Å². The van der Waals surface area contributed by atoms with Gasteiger partial charge in [0, 0.05) is 18.8 Å². The Morgan fingerprint density at radius 3 is 2.05 bits per heavy atom. The molecule has 1 unspecified atom stereocenters. The molecule has 0 saturated carbocycles. The lowest BCUT2D eigenvalue weighted by Crippen LogP contribution is -2.38. The molecule has 0 bridgehead atoms. The molecule has 292 valence electrons. The zero-order valence-electron chi connectivity index (χ0n) is 31.5. The fourth-order valence-corrected chi connectivity index (χ4v) is 9.92. The summed E-state index contributed by atoms with van der Waals surface area (Å²) in [6, 6.07) is 24.3. The summed E-state index contributed by atoms with van der Waals surface area (Å²) in [4.78, 5) is 27.2. The molecule has 7 atom stereocenters. The number of benzene rings is 3. The summed E-state index contributed by atoms with van der Waals surface area (Å²) >= 11 is 0.906. The highest BCUT2D eigenvalue weighted by atomic mass is 32.7. The van der Waals surface area contributed by atoms with Crippen molar-refractivity contribution < 1.29 is 51.6 Å². The molecule has 55 heavy (non-hydrogen) atoms. The molecule has 2 aliphatic rings. The number of nitrogens with zero attached hydrogens (tertiary/aromatic N) is 1. The van der Waals surface area contributed by atoms with Crippen molar-refractivity contribution in [1.29, 1.82) is 0 Å². The molecule has 2 radical (unpaired) electrons. The van der Waals surface area contributed by atoms with Gasteiger partial charge in [0.05, 0.1) is 51.8 Å². The molecule has 5 rings (SSSR count). The van der Waals surface area contributed by atoms with E-state index in [1.165, 1.54) is 6.92 Å². The molecular formula is C40H47BNO11PS. The largest absolute Gasteiger partial charge is 0.497 e. The zero-order chi connectivity index (χ0) is 39.4. The molecule has 2 saturated heterocycles. The average molecular weight is 792 g/mol. The summed E-state index contributed by atoms with van der Waals surface area (Å²) in [5.41, 5.74) is 1.32. The van der Waals surface area contributed by atoms with Gasteiger partial charge in [-0.1, -0.05) is 54.6 Å². The first-order chi connectivity index (χ1) is 26.5. The van der Waals surface area contributed by atoms with Crippen LogP contribution in [0.15, 0.2) is 78.9 Å². The Bertz CT molecular complexity index is 1750. The molecule has 0 amide bonds. The second-order valence-corrected chi connectivity index (χ2v) is 17.5. The van der Waals surface area contributed by atoms with Gasteiger partial charge in [0.25, 0.3) is 0 Å². The van der Waals surface area contributed by atoms with E-state index in [2.05, 4.69) is 4.85 Å². The van der Waals surface area contributed by atoms with Gasteiger partial charge >= 0.3 is 12.8 Å². The number of hydrogen-bond acceptors (Lipinski definition) is 12. The third-order valence-corrected chi connectivity index (χ3v) is 13.1. The van der Waals surface area contributed by atoms with Crippen LogP contribution in [0.1, 0.15) is 56.2 Å². The van der Waals surface area contributed by atoms with Crippen molar-refractivity contribution >= 4 is 37.8 Å². The van der Waals surface area contributed by atoms with Gasteiger partial charge in [-0.3, -0.25) is 13.8 Å². The highest BCUT2D eigenvalue weighted by Crippen LogP contribution is 2.62. The Balaban J connectivity index is 1.40. The third-order valence-electron chi connectivity index (χ3n) is 9.33. The second kappa shape index (κ2) is 20.0. The maximum Gasteiger partial charge on any atom is 0.389 e. The van der Waals surface area contributed by atoms with Crippen LogP contribution < -0.4 is 9.47 Å². The Labute approximate surface area is 328 Å². The topological polar surface area (TPSA) is 129 Å². The number of methoxy groups -OCH3 is 2. The summed E-state index contributed by atoms with van der Waals surface area (Å²) in [6.07, 6.45) is -2.59. The summed E-state index contributed by atoms with van der Waals surface area (Å²) in [5.74, 6) is 0.901. The van der Waals surface area contributed by atoms with Crippen LogP contribution in [0.3, 0.4) is 0 Å². The minimum atomic E-state index is -3.99. The number of hydrogen-bond donors (Lipinski definition) is 0. The van der Waals surface area contributed by atoms with Gasteiger partial charge in [0.1, 0.15) is 49.0 Å². The summed E-state index contributed by atoms with van der Waals surface area (Å²) in [5, 5.41) is 0. The number of Topliss-reactive ketones (excluding diaryl/α,β-unsaturated/α-hetero) is 1. The Hall–Kier alpha value is -3.67. The first-order valence-electron chi connectivity index (χ1n) is 18.1. The monoisotopic (exact) mass is 791 g/mol. The molecule has 0 aromatic heterocycles. The molecule has 2 aliphatic heterocycles. The van der Waals surface area contributed by atoms with E-state index < -0.39 is 48.8 Å². The maximum absolute atomic E-state index is 14.5. The lowest BCUT2D eigenvalue weighted by Gasteiger charge is -2.37. The minimum absolute atomic E-state index is 0.0282. The maximum atomic E-state index is 14.5. The van der Waals surface area contributed by atoms with E-state index in [1.54, 1.807) is 14.2 Å². The molecule has 15 heteroatoms. The van der Waals surface area contributed by atoms with E-state index in [1.807, 2.05) is 85.8 Å². The number of carbonyl (C=O) groups excluding carboxylic acids is 2. The highest BCUT2D eigenvalue weighted by Gasteiger charge is 2.45. The van der Waals surface area contributed by atoms with Crippen LogP contribution in [-0.4, -0.2) is 95.9 Å². The molecule has 0 spiro atoms. The van der Waals surface area contributed by atoms with Crippen molar-refractivity contribution in [2.45, 2.75) is 81.7 Å². The Kier molecular flexibility index (Phi) is 15.4. The van der Waals surface area contributed by atoms with Crippen LogP contribution in [0.5, 0.6) is 11.5 Å². The van der Waals surface area contributed by atoms with E-state index in [0.29, 0.717) is 17.9 Å². The van der Waals surface area contributed by atoms with Crippen LogP contribution in [0.25, 0.3) is 4.85 Å². The predicted octanol–water partition coefficient (Wildman–Crippen LogP) is 6.92. The smallest absolute Gasteiger partial charge is 0.389 e. The molecule has 2 heterocycles. The molecule has 2 fully saturated rings. The fraction of sp³-hybridized carbons (Fsp3) is 0.475. The summed E-state index contributed by atoms with van der Waals surface area (Å²) in [7, 11) is 9.55. The van der Waals surface area contributed by atoms with Gasteiger partial charge in [-0.05, 0) is 72.6 Å².